The minimum Gasteiger partial charge on any atom is -0.366 e. The first kappa shape index (κ1) is 14.9. The van der Waals surface area contributed by atoms with Crippen molar-refractivity contribution in [1.29, 1.82) is 0 Å². The summed E-state index contributed by atoms with van der Waals surface area (Å²) in [7, 11) is -1.35. The van der Waals surface area contributed by atoms with Crippen LogP contribution < -0.4 is 5.73 Å². The summed E-state index contributed by atoms with van der Waals surface area (Å²) in [4.78, 5) is 12.5. The predicted octanol–water partition coefficient (Wildman–Crippen LogP) is -0.485. The number of carbonyl (C=O) groups is 1. The molecule has 0 aliphatic carbocycles. The molecule has 0 saturated carbocycles. The summed E-state index contributed by atoms with van der Waals surface area (Å²) in [6.45, 7) is 2.93. The molecule has 0 aromatic rings. The van der Waals surface area contributed by atoms with Crippen LogP contribution in [0.4, 0.5) is 0 Å². The SMILES string of the molecule is C/C(C(N)=O)=C(\OS(=O)(=O)O)C(C)N(C)C. The summed E-state index contributed by atoms with van der Waals surface area (Å²) in [6, 6.07) is -0.519. The van der Waals surface area contributed by atoms with Crippen molar-refractivity contribution in [3.63, 3.8) is 0 Å². The molecule has 0 aromatic heterocycles. The number of hydrogen-bond donors (Lipinski definition) is 2. The lowest BCUT2D eigenvalue weighted by atomic mass is 10.1. The molecule has 0 fully saturated rings. The van der Waals surface area contributed by atoms with Gasteiger partial charge in [-0.1, -0.05) is 0 Å². The van der Waals surface area contributed by atoms with Gasteiger partial charge in [0.05, 0.1) is 11.6 Å². The van der Waals surface area contributed by atoms with Gasteiger partial charge in [-0.15, -0.1) is 0 Å². The molecule has 0 aliphatic rings. The molecule has 0 radical (unpaired) electrons. The van der Waals surface area contributed by atoms with Gasteiger partial charge in [0.2, 0.25) is 5.91 Å². The molecule has 1 amide bonds. The quantitative estimate of drug-likeness (QED) is 0.388. The summed E-state index contributed by atoms with van der Waals surface area (Å²) >= 11 is 0. The summed E-state index contributed by atoms with van der Waals surface area (Å²) < 4.78 is 34.2. The molecule has 1 unspecified atom stereocenters. The second-order valence-corrected chi connectivity index (χ2v) is 4.53. The van der Waals surface area contributed by atoms with E-state index in [9.17, 15) is 13.2 Å². The molecule has 0 bridgehead atoms. The van der Waals surface area contributed by atoms with Gasteiger partial charge in [-0.25, -0.2) is 0 Å². The fraction of sp³-hybridized carbons (Fsp3) is 0.625. The Bertz CT molecular complexity index is 399. The third-order valence-corrected chi connectivity index (χ3v) is 2.48. The highest BCUT2D eigenvalue weighted by Crippen LogP contribution is 2.16. The second kappa shape index (κ2) is 5.28. The van der Waals surface area contributed by atoms with E-state index in [0.29, 0.717) is 0 Å². The van der Waals surface area contributed by atoms with Crippen LogP contribution in [0.25, 0.3) is 0 Å². The van der Waals surface area contributed by atoms with E-state index >= 15 is 0 Å². The van der Waals surface area contributed by atoms with Crippen molar-refractivity contribution in [1.82, 2.24) is 4.90 Å². The minimum absolute atomic E-state index is 0.0566. The van der Waals surface area contributed by atoms with E-state index < -0.39 is 22.3 Å². The monoisotopic (exact) mass is 252 g/mol. The molecular weight excluding hydrogens is 236 g/mol. The van der Waals surface area contributed by atoms with Gasteiger partial charge in [-0.2, -0.15) is 8.42 Å². The van der Waals surface area contributed by atoms with Crippen molar-refractivity contribution < 1.29 is 21.9 Å². The van der Waals surface area contributed by atoms with E-state index in [2.05, 4.69) is 4.18 Å². The van der Waals surface area contributed by atoms with Crippen LogP contribution in [0.3, 0.4) is 0 Å². The zero-order chi connectivity index (χ0) is 13.1. The van der Waals surface area contributed by atoms with Crippen LogP contribution in [0.2, 0.25) is 0 Å². The zero-order valence-corrected chi connectivity index (χ0v) is 10.4. The van der Waals surface area contributed by atoms with Crippen LogP contribution >= 0.6 is 0 Å². The van der Waals surface area contributed by atoms with Gasteiger partial charge in [-0.3, -0.25) is 14.2 Å². The van der Waals surface area contributed by atoms with Gasteiger partial charge in [0.15, 0.2) is 0 Å². The van der Waals surface area contributed by atoms with Crippen LogP contribution in [0, 0.1) is 0 Å². The molecule has 94 valence electrons. The van der Waals surface area contributed by atoms with Gasteiger partial charge in [0.25, 0.3) is 0 Å². The molecule has 0 aromatic carbocycles. The van der Waals surface area contributed by atoms with Gasteiger partial charge < -0.3 is 9.92 Å². The van der Waals surface area contributed by atoms with Crippen LogP contribution in [-0.2, 0) is 19.4 Å². The maximum absolute atomic E-state index is 10.9. The summed E-state index contributed by atoms with van der Waals surface area (Å²) in [6.07, 6.45) is 0. The predicted molar refractivity (Wildman–Crippen MR) is 57.7 cm³/mol. The Hall–Kier alpha value is -1.12. The maximum atomic E-state index is 10.9. The molecule has 0 heterocycles. The van der Waals surface area contributed by atoms with Crippen molar-refractivity contribution in [2.24, 2.45) is 5.73 Å². The maximum Gasteiger partial charge on any atom is 0.446 e. The van der Waals surface area contributed by atoms with E-state index in [0.717, 1.165) is 0 Å². The molecule has 0 rings (SSSR count). The van der Waals surface area contributed by atoms with Crippen LogP contribution in [0.5, 0.6) is 0 Å². The number of primary amides is 1. The molecule has 16 heavy (non-hydrogen) atoms. The average Bonchev–Trinajstić information content (AvgIpc) is 2.10. The molecule has 7 nitrogen and oxygen atoms in total. The minimum atomic E-state index is -4.67. The summed E-state index contributed by atoms with van der Waals surface area (Å²) in [5.74, 6) is -1.01. The Morgan fingerprint density at radius 2 is 1.88 bits per heavy atom. The van der Waals surface area contributed by atoms with Crippen molar-refractivity contribution >= 4 is 16.3 Å². The second-order valence-electron chi connectivity index (χ2n) is 3.50. The number of rotatable bonds is 5. The van der Waals surface area contributed by atoms with Crippen molar-refractivity contribution in [2.45, 2.75) is 19.9 Å². The van der Waals surface area contributed by atoms with E-state index in [1.54, 1.807) is 25.9 Å². The smallest absolute Gasteiger partial charge is 0.366 e. The van der Waals surface area contributed by atoms with Crippen molar-refractivity contribution in [3.8, 4) is 0 Å². The number of amides is 1. The van der Waals surface area contributed by atoms with Gasteiger partial charge in [-0.05, 0) is 27.9 Å². The lowest BCUT2D eigenvalue weighted by Gasteiger charge is -2.22. The van der Waals surface area contributed by atoms with Crippen molar-refractivity contribution in [2.75, 3.05) is 14.1 Å². The molecule has 0 aliphatic heterocycles. The molecule has 0 saturated heterocycles. The van der Waals surface area contributed by atoms with Gasteiger partial charge >= 0.3 is 10.4 Å². The van der Waals surface area contributed by atoms with E-state index in [1.165, 1.54) is 6.92 Å². The lowest BCUT2D eigenvalue weighted by molar-refractivity contribution is -0.114. The third kappa shape index (κ3) is 4.60. The van der Waals surface area contributed by atoms with Crippen LogP contribution in [0.1, 0.15) is 13.8 Å². The highest BCUT2D eigenvalue weighted by Gasteiger charge is 2.23. The van der Waals surface area contributed by atoms with E-state index in [4.69, 9.17) is 10.3 Å². The molecule has 1 atom stereocenters. The Morgan fingerprint density at radius 1 is 1.44 bits per heavy atom. The topological polar surface area (TPSA) is 110 Å². The average molecular weight is 252 g/mol. The molecule has 0 spiro atoms. The van der Waals surface area contributed by atoms with E-state index in [1.807, 2.05) is 0 Å². The van der Waals surface area contributed by atoms with E-state index in [-0.39, 0.29) is 11.3 Å². The highest BCUT2D eigenvalue weighted by atomic mass is 32.3. The highest BCUT2D eigenvalue weighted by molar-refractivity contribution is 7.81. The largest absolute Gasteiger partial charge is 0.446 e. The number of nitrogens with zero attached hydrogens (tertiary/aromatic N) is 1. The standard InChI is InChI=1S/C8H16N2O5S/c1-5(8(9)11)7(6(2)10(3)4)15-16(12,13)14/h6H,1-4H3,(H2,9,11)(H,12,13,14)/b7-5+. The Balaban J connectivity index is 5.40. The molecular formula is C8H16N2O5S. The third-order valence-electron chi connectivity index (χ3n) is 2.09. The van der Waals surface area contributed by atoms with Crippen molar-refractivity contribution in [3.05, 3.63) is 11.3 Å². The first-order valence-electron chi connectivity index (χ1n) is 4.40. The fourth-order valence-electron chi connectivity index (χ4n) is 0.915. The fourth-order valence-corrected chi connectivity index (χ4v) is 1.41. The number of nitrogens with two attached hydrogens (primary N) is 1. The number of hydrogen-bond acceptors (Lipinski definition) is 5. The lowest BCUT2D eigenvalue weighted by Crippen LogP contribution is -2.31. The van der Waals surface area contributed by atoms with Crippen LogP contribution in [0.15, 0.2) is 11.3 Å². The molecule has 8 heteroatoms. The van der Waals surface area contributed by atoms with Gasteiger partial charge in [0, 0.05) is 0 Å². The number of likely N-dealkylation sites (N-methyl/N-ethyl adjacent to an activating group) is 1. The Labute approximate surface area is 94.8 Å². The van der Waals surface area contributed by atoms with Gasteiger partial charge in [0.1, 0.15) is 5.76 Å². The molecule has 3 N–H and O–H groups in total. The first-order chi connectivity index (χ1) is 7.06. The summed E-state index contributed by atoms with van der Waals surface area (Å²) in [5, 5.41) is 0. The Kier molecular flexibility index (Phi) is 4.91. The summed E-state index contributed by atoms with van der Waals surface area (Å²) in [5.41, 5.74) is 4.97. The normalized spacial score (nSPS) is 15.6. The van der Waals surface area contributed by atoms with Crippen LogP contribution in [-0.4, -0.2) is 43.9 Å². The number of carbonyl (C=O) groups excluding carboxylic acids is 1. The first-order valence-corrected chi connectivity index (χ1v) is 5.76. The zero-order valence-electron chi connectivity index (χ0n) is 9.59. The Morgan fingerprint density at radius 3 is 2.12 bits per heavy atom.